The van der Waals surface area contributed by atoms with Crippen molar-refractivity contribution in [1.82, 2.24) is 4.57 Å². The van der Waals surface area contributed by atoms with Crippen LogP contribution in [0, 0.1) is 0 Å². The maximum Gasteiger partial charge on any atom is 0.116 e. The molecule has 62 valence electrons. The number of anilines is 1. The topological polar surface area (TPSA) is 8.17 Å². The molecule has 0 bridgehead atoms. The lowest BCUT2D eigenvalue weighted by Crippen LogP contribution is -2.16. The predicted octanol–water partition coefficient (Wildman–Crippen LogP) is 2.31. The van der Waals surface area contributed by atoms with Crippen LogP contribution in [0.15, 0.2) is 36.7 Å². The summed E-state index contributed by atoms with van der Waals surface area (Å²) in [5.41, 5.74) is 0. The number of fused-ring (bicyclic) bond motifs is 1. The first-order valence-corrected chi connectivity index (χ1v) is 4.20. The summed E-state index contributed by atoms with van der Waals surface area (Å²) < 4.78 is 2.11. The van der Waals surface area contributed by atoms with Gasteiger partial charge >= 0.3 is 0 Å². The van der Waals surface area contributed by atoms with Gasteiger partial charge < -0.3 is 9.47 Å². The number of hydrogen-bond acceptors (Lipinski definition) is 1. The average molecular weight is 160 g/mol. The molecule has 2 rings (SSSR count). The first-order valence-electron chi connectivity index (χ1n) is 4.20. The molecule has 0 aromatic carbocycles. The molecule has 0 unspecified atom stereocenters. The zero-order chi connectivity index (χ0) is 8.39. The van der Waals surface area contributed by atoms with E-state index in [4.69, 9.17) is 0 Å². The van der Waals surface area contributed by atoms with Gasteiger partial charge in [-0.05, 0) is 31.2 Å². The lowest BCUT2D eigenvalue weighted by Gasteiger charge is -2.17. The number of rotatable bonds is 1. The molecule has 0 amide bonds. The van der Waals surface area contributed by atoms with Crippen LogP contribution in [-0.4, -0.2) is 11.1 Å². The normalized spacial score (nSPS) is 14.6. The molecule has 2 heteroatoms. The Bertz CT molecular complexity index is 320. The molecule has 0 spiro atoms. The highest BCUT2D eigenvalue weighted by molar-refractivity contribution is 5.53. The molecule has 0 atom stereocenters. The van der Waals surface area contributed by atoms with Crippen molar-refractivity contribution in [2.24, 2.45) is 0 Å². The first-order chi connectivity index (χ1) is 5.92. The molecule has 12 heavy (non-hydrogen) atoms. The average Bonchev–Trinajstić information content (AvgIpc) is 2.46. The third kappa shape index (κ3) is 1.05. The van der Waals surface area contributed by atoms with E-state index in [0.717, 1.165) is 6.54 Å². The van der Waals surface area contributed by atoms with E-state index in [1.54, 1.807) is 0 Å². The first kappa shape index (κ1) is 7.22. The Balaban J connectivity index is 2.45. The smallest absolute Gasteiger partial charge is 0.116 e. The molecular weight excluding hydrogens is 148 g/mol. The van der Waals surface area contributed by atoms with Crippen LogP contribution in [0.4, 0.5) is 5.82 Å². The maximum atomic E-state index is 2.21. The van der Waals surface area contributed by atoms with E-state index in [9.17, 15) is 0 Å². The molecule has 0 N–H and O–H groups in total. The van der Waals surface area contributed by atoms with Crippen LogP contribution in [-0.2, 0) is 0 Å². The van der Waals surface area contributed by atoms with Gasteiger partial charge in [-0.1, -0.05) is 0 Å². The monoisotopic (exact) mass is 160 g/mol. The van der Waals surface area contributed by atoms with Crippen molar-refractivity contribution in [3.63, 3.8) is 0 Å². The van der Waals surface area contributed by atoms with E-state index in [0.29, 0.717) is 0 Å². The highest BCUT2D eigenvalue weighted by atomic mass is 15.2. The van der Waals surface area contributed by atoms with Gasteiger partial charge in [-0.2, -0.15) is 0 Å². The third-order valence-corrected chi connectivity index (χ3v) is 2.02. The van der Waals surface area contributed by atoms with Crippen molar-refractivity contribution in [1.29, 1.82) is 0 Å². The Labute approximate surface area is 72.4 Å². The molecule has 1 aromatic heterocycles. The van der Waals surface area contributed by atoms with Gasteiger partial charge in [-0.25, -0.2) is 0 Å². The van der Waals surface area contributed by atoms with Gasteiger partial charge in [0.05, 0.1) is 0 Å². The summed E-state index contributed by atoms with van der Waals surface area (Å²) in [6.45, 7) is 3.15. The van der Waals surface area contributed by atoms with Gasteiger partial charge in [0.25, 0.3) is 0 Å². The van der Waals surface area contributed by atoms with Crippen LogP contribution >= 0.6 is 0 Å². The van der Waals surface area contributed by atoms with E-state index in [1.807, 2.05) is 6.08 Å². The Morgan fingerprint density at radius 3 is 2.92 bits per heavy atom. The fraction of sp³-hybridized carbons (Fsp3) is 0.200. The number of aromatic nitrogens is 1. The molecule has 2 nitrogen and oxygen atoms in total. The van der Waals surface area contributed by atoms with E-state index in [1.165, 1.54) is 5.82 Å². The van der Waals surface area contributed by atoms with Crippen LogP contribution in [0.3, 0.4) is 0 Å². The van der Waals surface area contributed by atoms with Crippen LogP contribution in [0.25, 0.3) is 6.20 Å². The second kappa shape index (κ2) is 2.89. The van der Waals surface area contributed by atoms with Crippen LogP contribution in [0.2, 0.25) is 0 Å². The molecular formula is C10H12N2. The minimum atomic E-state index is 1.00. The lowest BCUT2D eigenvalue weighted by molar-refractivity contribution is 0.965. The fourth-order valence-electron chi connectivity index (χ4n) is 1.39. The maximum absolute atomic E-state index is 2.21. The summed E-state index contributed by atoms with van der Waals surface area (Å²) in [4.78, 5) is 2.21. The third-order valence-electron chi connectivity index (χ3n) is 2.02. The van der Waals surface area contributed by atoms with Gasteiger partial charge in [0, 0.05) is 25.1 Å². The van der Waals surface area contributed by atoms with Crippen LogP contribution in [0.1, 0.15) is 6.92 Å². The van der Waals surface area contributed by atoms with Crippen LogP contribution in [0.5, 0.6) is 0 Å². The van der Waals surface area contributed by atoms with Crippen molar-refractivity contribution < 1.29 is 0 Å². The molecule has 0 saturated carbocycles. The molecule has 0 radical (unpaired) electrons. The summed E-state index contributed by atoms with van der Waals surface area (Å²) >= 11 is 0. The number of nitrogens with zero attached hydrogens (tertiary/aromatic N) is 2. The van der Waals surface area contributed by atoms with E-state index >= 15 is 0 Å². The van der Waals surface area contributed by atoms with Gasteiger partial charge in [0.15, 0.2) is 0 Å². The summed E-state index contributed by atoms with van der Waals surface area (Å²) in [5.74, 6) is 1.22. The van der Waals surface area contributed by atoms with Crippen molar-refractivity contribution in [2.45, 2.75) is 6.92 Å². The van der Waals surface area contributed by atoms with Crippen molar-refractivity contribution in [2.75, 3.05) is 11.4 Å². The molecule has 1 aromatic rings. The molecule has 2 heterocycles. The Hall–Kier alpha value is -1.44. The van der Waals surface area contributed by atoms with Gasteiger partial charge in [0.1, 0.15) is 5.82 Å². The van der Waals surface area contributed by atoms with E-state index < -0.39 is 0 Å². The second-order valence-corrected chi connectivity index (χ2v) is 2.74. The number of hydrogen-bond donors (Lipinski definition) is 0. The Kier molecular flexibility index (Phi) is 1.74. The molecule has 0 saturated heterocycles. The highest BCUT2D eigenvalue weighted by Gasteiger charge is 2.05. The van der Waals surface area contributed by atoms with Crippen molar-refractivity contribution in [3.8, 4) is 0 Å². The largest absolute Gasteiger partial charge is 0.334 e. The van der Waals surface area contributed by atoms with Crippen molar-refractivity contribution >= 4 is 12.0 Å². The summed E-state index contributed by atoms with van der Waals surface area (Å²) in [6, 6.07) is 4.17. The summed E-state index contributed by atoms with van der Waals surface area (Å²) in [7, 11) is 0. The molecule has 0 fully saturated rings. The van der Waals surface area contributed by atoms with Gasteiger partial charge in [-0.3, -0.25) is 0 Å². The van der Waals surface area contributed by atoms with Gasteiger partial charge in [0.2, 0.25) is 0 Å². The van der Waals surface area contributed by atoms with E-state index in [2.05, 4.69) is 53.2 Å². The summed E-state index contributed by atoms with van der Waals surface area (Å²) in [5, 5.41) is 0. The minimum absolute atomic E-state index is 1.00. The SMILES string of the molecule is CCN1C=CC=Cn2cccc21. The van der Waals surface area contributed by atoms with E-state index in [-0.39, 0.29) is 0 Å². The highest BCUT2D eigenvalue weighted by Crippen LogP contribution is 2.17. The fourth-order valence-corrected chi connectivity index (χ4v) is 1.39. The molecule has 1 aliphatic heterocycles. The van der Waals surface area contributed by atoms with Crippen molar-refractivity contribution in [3.05, 3.63) is 36.7 Å². The summed E-state index contributed by atoms with van der Waals surface area (Å²) in [6.07, 6.45) is 10.3. The quantitative estimate of drug-likeness (QED) is 0.612. The molecule has 0 aliphatic carbocycles. The zero-order valence-corrected chi connectivity index (χ0v) is 7.14. The second-order valence-electron chi connectivity index (χ2n) is 2.74. The minimum Gasteiger partial charge on any atom is -0.334 e. The predicted molar refractivity (Wildman–Crippen MR) is 51.9 cm³/mol. The standard InChI is InChI=1S/C10H12N2/c1-2-11-7-3-4-8-12-9-5-6-10(11)12/h3-9H,2H2,1H3. The van der Waals surface area contributed by atoms with Gasteiger partial charge in [-0.15, -0.1) is 0 Å². The van der Waals surface area contributed by atoms with Crippen LogP contribution < -0.4 is 4.90 Å². The zero-order valence-electron chi connectivity index (χ0n) is 7.14. The number of allylic oxidation sites excluding steroid dienone is 2. The molecule has 1 aliphatic rings. The lowest BCUT2D eigenvalue weighted by atomic mass is 10.5. The Morgan fingerprint density at radius 2 is 2.08 bits per heavy atom. The Morgan fingerprint density at radius 1 is 1.25 bits per heavy atom.